The van der Waals surface area contributed by atoms with Gasteiger partial charge in [0.15, 0.2) is 0 Å². The maximum Gasteiger partial charge on any atom is 0.134 e. The molecule has 0 aliphatic heterocycles. The summed E-state index contributed by atoms with van der Waals surface area (Å²) in [4.78, 5) is 0. The van der Waals surface area contributed by atoms with Crippen molar-refractivity contribution in [3.8, 4) is 0 Å². The fourth-order valence-corrected chi connectivity index (χ4v) is 6.59. The molecule has 174 valence electrons. The van der Waals surface area contributed by atoms with E-state index in [1.165, 1.54) is 82.6 Å². The first-order valence-corrected chi connectivity index (χ1v) is 13.5. The number of hydrogen-bond acceptors (Lipinski definition) is 0. The Morgan fingerprint density at radius 2 is 1.62 bits per heavy atom. The topological polar surface area (TPSA) is 0 Å². The quantitative estimate of drug-likeness (QED) is 0.272. The molecule has 4 rings (SSSR count). The highest BCUT2D eigenvalue weighted by Gasteiger charge is 2.31. The summed E-state index contributed by atoms with van der Waals surface area (Å²) in [5.41, 5.74) is 2.32. The van der Waals surface area contributed by atoms with E-state index in [4.69, 9.17) is 0 Å². The van der Waals surface area contributed by atoms with Crippen LogP contribution in [0.1, 0.15) is 107 Å². The second-order valence-electron chi connectivity index (χ2n) is 10.7. The molecule has 0 aromatic heterocycles. The molecule has 2 fully saturated rings. The molecular weight excluding hydrogens is 391 g/mol. The van der Waals surface area contributed by atoms with Gasteiger partial charge in [-0.05, 0) is 104 Å². The van der Waals surface area contributed by atoms with E-state index in [1.807, 2.05) is 6.07 Å². The van der Waals surface area contributed by atoms with E-state index in [0.717, 1.165) is 46.9 Å². The van der Waals surface area contributed by atoms with Crippen LogP contribution in [0.4, 0.5) is 4.39 Å². The first-order valence-electron chi connectivity index (χ1n) is 13.5. The zero-order valence-corrected chi connectivity index (χ0v) is 20.3. The van der Waals surface area contributed by atoms with Crippen LogP contribution in [-0.2, 0) is 6.42 Å². The van der Waals surface area contributed by atoms with E-state index in [9.17, 15) is 0 Å². The van der Waals surface area contributed by atoms with Crippen LogP contribution in [0.2, 0.25) is 0 Å². The van der Waals surface area contributed by atoms with Gasteiger partial charge in [0.25, 0.3) is 0 Å². The maximum atomic E-state index is 15.0. The van der Waals surface area contributed by atoms with Crippen molar-refractivity contribution < 1.29 is 4.39 Å². The molecule has 1 heteroatoms. The summed E-state index contributed by atoms with van der Waals surface area (Å²) < 4.78 is 15.0. The third-order valence-corrected chi connectivity index (χ3v) is 8.69. The zero-order valence-electron chi connectivity index (χ0n) is 20.3. The first kappa shape index (κ1) is 23.5. The second-order valence-corrected chi connectivity index (χ2v) is 10.7. The second kappa shape index (κ2) is 11.5. The molecule has 2 aliphatic rings. The van der Waals surface area contributed by atoms with Crippen LogP contribution in [0.3, 0.4) is 0 Å². The number of fused-ring (bicyclic) bond motifs is 1. The molecule has 2 aliphatic carbocycles. The summed E-state index contributed by atoms with van der Waals surface area (Å²) in [6.45, 7) is 6.08. The highest BCUT2D eigenvalue weighted by molar-refractivity contribution is 5.84. The van der Waals surface area contributed by atoms with E-state index in [1.54, 1.807) is 0 Å². The Kier molecular flexibility index (Phi) is 8.44. The molecule has 0 spiro atoms. The Morgan fingerprint density at radius 1 is 0.906 bits per heavy atom. The SMILES string of the molecule is C=CCCC1CCC(C2CCC(c3ccc4c(F)c(CCCCC)ccc4c3)CC2)CC1. The first-order chi connectivity index (χ1) is 15.7. The lowest BCUT2D eigenvalue weighted by Gasteiger charge is -2.38. The van der Waals surface area contributed by atoms with Crippen LogP contribution < -0.4 is 0 Å². The van der Waals surface area contributed by atoms with E-state index in [0.29, 0.717) is 5.92 Å². The molecule has 0 nitrogen and oxygen atoms in total. The predicted octanol–water partition coefficient (Wildman–Crippen LogP) is 9.76. The lowest BCUT2D eigenvalue weighted by molar-refractivity contribution is 0.157. The molecule has 2 aromatic rings. The molecule has 0 atom stereocenters. The third kappa shape index (κ3) is 5.64. The van der Waals surface area contributed by atoms with Gasteiger partial charge in [0, 0.05) is 5.39 Å². The molecule has 0 bridgehead atoms. The molecular formula is C31H43F. The molecule has 0 amide bonds. The smallest absolute Gasteiger partial charge is 0.134 e. The fraction of sp³-hybridized carbons (Fsp3) is 0.613. The molecule has 2 saturated carbocycles. The third-order valence-electron chi connectivity index (χ3n) is 8.69. The van der Waals surface area contributed by atoms with Gasteiger partial charge < -0.3 is 0 Å². The van der Waals surface area contributed by atoms with Crippen molar-refractivity contribution in [3.05, 3.63) is 59.9 Å². The fourth-order valence-electron chi connectivity index (χ4n) is 6.59. The van der Waals surface area contributed by atoms with Crippen molar-refractivity contribution in [2.75, 3.05) is 0 Å². The molecule has 0 heterocycles. The molecule has 32 heavy (non-hydrogen) atoms. The molecule has 0 radical (unpaired) electrons. The van der Waals surface area contributed by atoms with Crippen LogP contribution in [-0.4, -0.2) is 0 Å². The van der Waals surface area contributed by atoms with Gasteiger partial charge in [-0.3, -0.25) is 0 Å². The highest BCUT2D eigenvalue weighted by Crippen LogP contribution is 2.44. The van der Waals surface area contributed by atoms with Crippen LogP contribution in [0.25, 0.3) is 10.8 Å². The van der Waals surface area contributed by atoms with Crippen molar-refractivity contribution in [3.63, 3.8) is 0 Å². The van der Waals surface area contributed by atoms with Gasteiger partial charge in [-0.15, -0.1) is 6.58 Å². The standard InChI is InChI=1S/C31H43F/c1-3-5-7-9-27-18-19-29-22-28(20-21-30(29)31(27)32)26-16-14-25(15-17-26)24-12-10-23(11-13-24)8-6-4-2/h4,18-26H,2-3,5-17H2,1H3. The predicted molar refractivity (Wildman–Crippen MR) is 137 cm³/mol. The number of rotatable bonds is 9. The normalized spacial score (nSPS) is 26.3. The monoisotopic (exact) mass is 434 g/mol. The summed E-state index contributed by atoms with van der Waals surface area (Å²) in [7, 11) is 0. The van der Waals surface area contributed by atoms with E-state index >= 15 is 4.39 Å². The van der Waals surface area contributed by atoms with E-state index in [2.05, 4.69) is 43.8 Å². The number of halogens is 1. The van der Waals surface area contributed by atoms with Gasteiger partial charge in [-0.1, -0.05) is 69.0 Å². The average Bonchev–Trinajstić information content (AvgIpc) is 2.84. The van der Waals surface area contributed by atoms with E-state index in [-0.39, 0.29) is 5.82 Å². The molecule has 0 saturated heterocycles. The number of benzene rings is 2. The Morgan fingerprint density at radius 3 is 2.31 bits per heavy atom. The lowest BCUT2D eigenvalue weighted by atomic mass is 9.68. The number of unbranched alkanes of at least 4 members (excludes halogenated alkanes) is 2. The average molecular weight is 435 g/mol. The van der Waals surface area contributed by atoms with Crippen LogP contribution in [0, 0.1) is 23.6 Å². The van der Waals surface area contributed by atoms with Crippen LogP contribution in [0.15, 0.2) is 43.0 Å². The maximum absolute atomic E-state index is 15.0. The minimum absolute atomic E-state index is 0.0116. The minimum atomic E-state index is 0.0116. The summed E-state index contributed by atoms with van der Waals surface area (Å²) in [6.07, 6.45) is 20.1. The van der Waals surface area contributed by atoms with Gasteiger partial charge >= 0.3 is 0 Å². The largest absolute Gasteiger partial charge is 0.206 e. The number of allylic oxidation sites excluding steroid dienone is 1. The Hall–Kier alpha value is -1.63. The highest BCUT2D eigenvalue weighted by atomic mass is 19.1. The summed E-state index contributed by atoms with van der Waals surface area (Å²) in [5, 5.41) is 1.89. The molecule has 2 aromatic carbocycles. The van der Waals surface area contributed by atoms with Gasteiger partial charge in [-0.2, -0.15) is 0 Å². The van der Waals surface area contributed by atoms with Crippen molar-refractivity contribution in [2.45, 2.75) is 103 Å². The van der Waals surface area contributed by atoms with Gasteiger partial charge in [0.2, 0.25) is 0 Å². The van der Waals surface area contributed by atoms with Crippen molar-refractivity contribution in [1.82, 2.24) is 0 Å². The summed E-state index contributed by atoms with van der Waals surface area (Å²) in [6, 6.07) is 10.7. The Bertz CT molecular complexity index is 865. The zero-order chi connectivity index (χ0) is 22.3. The summed E-state index contributed by atoms with van der Waals surface area (Å²) in [5.74, 6) is 3.53. The number of aryl methyl sites for hydroxylation is 1. The van der Waals surface area contributed by atoms with Crippen LogP contribution >= 0.6 is 0 Å². The van der Waals surface area contributed by atoms with Gasteiger partial charge in [-0.25, -0.2) is 4.39 Å². The van der Waals surface area contributed by atoms with Crippen molar-refractivity contribution >= 4 is 10.8 Å². The van der Waals surface area contributed by atoms with E-state index < -0.39 is 0 Å². The summed E-state index contributed by atoms with van der Waals surface area (Å²) >= 11 is 0. The number of hydrogen-bond donors (Lipinski definition) is 0. The van der Waals surface area contributed by atoms with Gasteiger partial charge in [0.1, 0.15) is 5.82 Å². The Labute approximate surface area is 195 Å². The Balaban J connectivity index is 1.33. The minimum Gasteiger partial charge on any atom is -0.206 e. The molecule has 0 unspecified atom stereocenters. The lowest BCUT2D eigenvalue weighted by Crippen LogP contribution is -2.25. The van der Waals surface area contributed by atoms with Crippen LogP contribution in [0.5, 0.6) is 0 Å². The van der Waals surface area contributed by atoms with Crippen molar-refractivity contribution in [1.29, 1.82) is 0 Å². The van der Waals surface area contributed by atoms with Gasteiger partial charge in [0.05, 0.1) is 0 Å². The molecule has 0 N–H and O–H groups in total. The van der Waals surface area contributed by atoms with Crippen molar-refractivity contribution in [2.24, 2.45) is 17.8 Å².